The molecule has 12 heavy (non-hydrogen) atoms. The first-order chi connectivity index (χ1) is 5.39. The fourth-order valence-corrected chi connectivity index (χ4v) is 1.39. The Morgan fingerprint density at radius 2 is 1.58 bits per heavy atom. The summed E-state index contributed by atoms with van der Waals surface area (Å²) in [7, 11) is 0. The van der Waals surface area contributed by atoms with Gasteiger partial charge in [-0.15, -0.1) is 0 Å². The SMILES string of the molecule is CC(C)(C)C1CC(=O)NC(=O)C1. The van der Waals surface area contributed by atoms with Gasteiger partial charge in [0.2, 0.25) is 11.8 Å². The molecule has 1 rings (SSSR count). The zero-order valence-electron chi connectivity index (χ0n) is 7.81. The first kappa shape index (κ1) is 9.23. The summed E-state index contributed by atoms with van der Waals surface area (Å²) in [5.74, 6) is -0.0731. The fraction of sp³-hybridized carbons (Fsp3) is 0.778. The molecule has 0 saturated carbocycles. The summed E-state index contributed by atoms with van der Waals surface area (Å²) >= 11 is 0. The number of imide groups is 1. The maximum Gasteiger partial charge on any atom is 0.226 e. The van der Waals surface area contributed by atoms with Crippen LogP contribution in [0.3, 0.4) is 0 Å². The van der Waals surface area contributed by atoms with E-state index in [1.165, 1.54) is 0 Å². The van der Waals surface area contributed by atoms with E-state index in [-0.39, 0.29) is 23.1 Å². The molecule has 3 nitrogen and oxygen atoms in total. The van der Waals surface area contributed by atoms with Crippen LogP contribution in [0, 0.1) is 11.3 Å². The lowest BCUT2D eigenvalue weighted by Gasteiger charge is -2.32. The third-order valence-electron chi connectivity index (χ3n) is 2.37. The molecule has 1 aliphatic rings. The molecule has 3 heteroatoms. The number of rotatable bonds is 0. The van der Waals surface area contributed by atoms with Gasteiger partial charge in [-0.05, 0) is 11.3 Å². The van der Waals surface area contributed by atoms with Crippen molar-refractivity contribution in [2.45, 2.75) is 33.6 Å². The molecule has 2 amide bonds. The lowest BCUT2D eigenvalue weighted by molar-refractivity contribution is -0.136. The van der Waals surface area contributed by atoms with Gasteiger partial charge in [-0.25, -0.2) is 0 Å². The van der Waals surface area contributed by atoms with Gasteiger partial charge >= 0.3 is 0 Å². The van der Waals surface area contributed by atoms with Crippen LogP contribution in [0.15, 0.2) is 0 Å². The molecule has 0 aromatic heterocycles. The van der Waals surface area contributed by atoms with Crippen LogP contribution in [0.1, 0.15) is 33.6 Å². The maximum absolute atomic E-state index is 11.0. The molecular formula is C9H15NO2. The second-order valence-electron chi connectivity index (χ2n) is 4.44. The summed E-state index contributed by atoms with van der Waals surface area (Å²) in [5, 5.41) is 2.30. The third kappa shape index (κ3) is 2.06. The molecule has 1 N–H and O–H groups in total. The zero-order valence-corrected chi connectivity index (χ0v) is 7.81. The molecule has 1 fully saturated rings. The molecule has 0 aromatic rings. The average molecular weight is 169 g/mol. The first-order valence-electron chi connectivity index (χ1n) is 4.22. The Kier molecular flexibility index (Phi) is 2.22. The highest BCUT2D eigenvalue weighted by molar-refractivity contribution is 5.97. The molecule has 1 aliphatic heterocycles. The zero-order chi connectivity index (χ0) is 9.35. The van der Waals surface area contributed by atoms with Gasteiger partial charge < -0.3 is 0 Å². The second-order valence-corrected chi connectivity index (χ2v) is 4.44. The lowest BCUT2D eigenvalue weighted by Crippen LogP contribution is -2.42. The van der Waals surface area contributed by atoms with Crippen molar-refractivity contribution in [2.75, 3.05) is 0 Å². The van der Waals surface area contributed by atoms with E-state index in [9.17, 15) is 9.59 Å². The van der Waals surface area contributed by atoms with Crippen LogP contribution < -0.4 is 5.32 Å². The highest BCUT2D eigenvalue weighted by Gasteiger charge is 2.33. The molecule has 0 spiro atoms. The van der Waals surface area contributed by atoms with Gasteiger partial charge in [0, 0.05) is 12.8 Å². The molecule has 0 bridgehead atoms. The number of hydrogen-bond acceptors (Lipinski definition) is 2. The fourth-order valence-electron chi connectivity index (χ4n) is 1.39. The minimum Gasteiger partial charge on any atom is -0.296 e. The second kappa shape index (κ2) is 2.88. The monoisotopic (exact) mass is 169 g/mol. The molecule has 1 heterocycles. The normalized spacial score (nSPS) is 20.9. The highest BCUT2D eigenvalue weighted by Crippen LogP contribution is 2.32. The largest absolute Gasteiger partial charge is 0.296 e. The van der Waals surface area contributed by atoms with Crippen LogP contribution in [0.5, 0.6) is 0 Å². The Balaban J connectivity index is 2.68. The Hall–Kier alpha value is -0.860. The van der Waals surface area contributed by atoms with Gasteiger partial charge in [0.25, 0.3) is 0 Å². The number of carbonyl (C=O) groups is 2. The van der Waals surface area contributed by atoms with E-state index in [1.54, 1.807) is 0 Å². The smallest absolute Gasteiger partial charge is 0.226 e. The standard InChI is InChI=1S/C9H15NO2/c1-9(2,3)6-4-7(11)10-8(12)5-6/h6H,4-5H2,1-3H3,(H,10,11,12). The van der Waals surface area contributed by atoms with Crippen molar-refractivity contribution in [1.82, 2.24) is 5.32 Å². The van der Waals surface area contributed by atoms with Crippen LogP contribution in [0.4, 0.5) is 0 Å². The van der Waals surface area contributed by atoms with Crippen LogP contribution in [-0.4, -0.2) is 11.8 Å². The minimum atomic E-state index is -0.133. The maximum atomic E-state index is 11.0. The van der Waals surface area contributed by atoms with Crippen molar-refractivity contribution in [3.8, 4) is 0 Å². The summed E-state index contributed by atoms with van der Waals surface area (Å²) in [6, 6.07) is 0. The Labute approximate surface area is 72.5 Å². The van der Waals surface area contributed by atoms with Crippen LogP contribution >= 0.6 is 0 Å². The Morgan fingerprint density at radius 1 is 1.17 bits per heavy atom. The highest BCUT2D eigenvalue weighted by atomic mass is 16.2. The van der Waals surface area contributed by atoms with Crippen LogP contribution in [0.25, 0.3) is 0 Å². The van der Waals surface area contributed by atoms with E-state index in [0.717, 1.165) is 0 Å². The van der Waals surface area contributed by atoms with Crippen molar-refractivity contribution in [2.24, 2.45) is 11.3 Å². The molecule has 0 aliphatic carbocycles. The average Bonchev–Trinajstić information content (AvgIpc) is 1.82. The summed E-state index contributed by atoms with van der Waals surface area (Å²) in [4.78, 5) is 22.0. The lowest BCUT2D eigenvalue weighted by atomic mass is 9.75. The minimum absolute atomic E-state index is 0.0490. The number of nitrogens with one attached hydrogen (secondary N) is 1. The third-order valence-corrected chi connectivity index (χ3v) is 2.37. The van der Waals surface area contributed by atoms with E-state index in [1.807, 2.05) is 0 Å². The number of carbonyl (C=O) groups excluding carboxylic acids is 2. The van der Waals surface area contributed by atoms with Crippen molar-refractivity contribution in [3.05, 3.63) is 0 Å². The first-order valence-corrected chi connectivity index (χ1v) is 4.22. The molecule has 68 valence electrons. The summed E-state index contributed by atoms with van der Waals surface area (Å²) in [6.45, 7) is 6.18. The molecule has 1 saturated heterocycles. The summed E-state index contributed by atoms with van der Waals surface area (Å²) in [5.41, 5.74) is 0.0490. The van der Waals surface area contributed by atoms with Crippen molar-refractivity contribution >= 4 is 11.8 Å². The molecule has 0 aromatic carbocycles. The molecule has 0 atom stereocenters. The van der Waals surface area contributed by atoms with Gasteiger partial charge in [-0.3, -0.25) is 14.9 Å². The van der Waals surface area contributed by atoms with E-state index >= 15 is 0 Å². The van der Waals surface area contributed by atoms with Gasteiger partial charge in [0.05, 0.1) is 0 Å². The van der Waals surface area contributed by atoms with E-state index in [2.05, 4.69) is 26.1 Å². The Morgan fingerprint density at radius 3 is 1.92 bits per heavy atom. The van der Waals surface area contributed by atoms with Gasteiger partial charge in [0.1, 0.15) is 0 Å². The topological polar surface area (TPSA) is 46.2 Å². The van der Waals surface area contributed by atoms with Crippen LogP contribution in [0.2, 0.25) is 0 Å². The van der Waals surface area contributed by atoms with E-state index in [4.69, 9.17) is 0 Å². The molecule has 0 unspecified atom stereocenters. The summed E-state index contributed by atoms with van der Waals surface area (Å²) in [6.07, 6.45) is 0.963. The van der Waals surface area contributed by atoms with Crippen molar-refractivity contribution in [3.63, 3.8) is 0 Å². The van der Waals surface area contributed by atoms with Gasteiger partial charge in [0.15, 0.2) is 0 Å². The quantitative estimate of drug-likeness (QED) is 0.552. The van der Waals surface area contributed by atoms with Crippen molar-refractivity contribution in [1.29, 1.82) is 0 Å². The van der Waals surface area contributed by atoms with Gasteiger partial charge in [-0.1, -0.05) is 20.8 Å². The number of hydrogen-bond donors (Lipinski definition) is 1. The van der Waals surface area contributed by atoms with Gasteiger partial charge in [-0.2, -0.15) is 0 Å². The number of amides is 2. The molecular weight excluding hydrogens is 154 g/mol. The van der Waals surface area contributed by atoms with Crippen molar-refractivity contribution < 1.29 is 9.59 Å². The van der Waals surface area contributed by atoms with E-state index < -0.39 is 0 Å². The molecule has 0 radical (unpaired) electrons. The predicted octanol–water partition coefficient (Wildman–Crippen LogP) is 1.09. The number of piperidine rings is 1. The summed E-state index contributed by atoms with van der Waals surface area (Å²) < 4.78 is 0. The van der Waals surface area contributed by atoms with Crippen LogP contribution in [-0.2, 0) is 9.59 Å². The Bertz CT molecular complexity index is 199. The predicted molar refractivity (Wildman–Crippen MR) is 45.3 cm³/mol. The van der Waals surface area contributed by atoms with E-state index in [0.29, 0.717) is 12.8 Å².